The van der Waals surface area contributed by atoms with Gasteiger partial charge in [0.15, 0.2) is 5.76 Å². The van der Waals surface area contributed by atoms with Gasteiger partial charge in [-0.2, -0.15) is 0 Å². The number of rotatable bonds is 4. The number of carbonyl (C=O) groups excluding carboxylic acids is 1. The zero-order valence-corrected chi connectivity index (χ0v) is 8.35. The van der Waals surface area contributed by atoms with Crippen LogP contribution in [0, 0.1) is 0 Å². The fourth-order valence-electron chi connectivity index (χ4n) is 1.45. The Bertz CT molecular complexity index is 395. The van der Waals surface area contributed by atoms with Gasteiger partial charge in [-0.05, 0) is 6.08 Å². The molecular weight excluding hydrogens is 194 g/mol. The Morgan fingerprint density at radius 1 is 1.67 bits per heavy atom. The molecule has 1 aliphatic rings. The SMILES string of the molecule is NCCn1cnc(C(=O)C2=CCCO2)c1. The number of ketones is 1. The van der Waals surface area contributed by atoms with Gasteiger partial charge < -0.3 is 15.0 Å². The van der Waals surface area contributed by atoms with Gasteiger partial charge >= 0.3 is 0 Å². The highest BCUT2D eigenvalue weighted by Gasteiger charge is 2.18. The molecule has 0 fully saturated rings. The molecule has 2 rings (SSSR count). The summed E-state index contributed by atoms with van der Waals surface area (Å²) in [6.07, 6.45) is 5.89. The van der Waals surface area contributed by atoms with E-state index in [2.05, 4.69) is 4.98 Å². The highest BCUT2D eigenvalue weighted by molar-refractivity contribution is 6.05. The van der Waals surface area contributed by atoms with Crippen LogP contribution in [-0.2, 0) is 11.3 Å². The summed E-state index contributed by atoms with van der Waals surface area (Å²) in [4.78, 5) is 15.8. The zero-order valence-electron chi connectivity index (χ0n) is 8.35. The summed E-state index contributed by atoms with van der Waals surface area (Å²) in [7, 11) is 0. The van der Waals surface area contributed by atoms with E-state index in [4.69, 9.17) is 10.5 Å². The first-order valence-electron chi connectivity index (χ1n) is 4.91. The normalized spacial score (nSPS) is 14.9. The van der Waals surface area contributed by atoms with Crippen molar-refractivity contribution in [2.75, 3.05) is 13.2 Å². The summed E-state index contributed by atoms with van der Waals surface area (Å²) >= 11 is 0. The molecule has 1 aliphatic heterocycles. The van der Waals surface area contributed by atoms with E-state index in [9.17, 15) is 4.79 Å². The molecule has 0 saturated carbocycles. The minimum atomic E-state index is -0.150. The van der Waals surface area contributed by atoms with Crippen molar-refractivity contribution in [1.82, 2.24) is 9.55 Å². The average Bonchev–Trinajstić information content (AvgIpc) is 2.87. The van der Waals surface area contributed by atoms with Crippen molar-refractivity contribution in [3.8, 4) is 0 Å². The van der Waals surface area contributed by atoms with Gasteiger partial charge in [0.2, 0.25) is 5.78 Å². The lowest BCUT2D eigenvalue weighted by Crippen LogP contribution is -2.08. The van der Waals surface area contributed by atoms with Crippen LogP contribution in [0.3, 0.4) is 0 Å². The predicted molar refractivity (Wildman–Crippen MR) is 54.3 cm³/mol. The molecule has 0 amide bonds. The van der Waals surface area contributed by atoms with E-state index in [1.54, 1.807) is 23.2 Å². The van der Waals surface area contributed by atoms with E-state index < -0.39 is 0 Å². The van der Waals surface area contributed by atoms with Crippen LogP contribution in [0.5, 0.6) is 0 Å². The summed E-state index contributed by atoms with van der Waals surface area (Å²) in [5, 5.41) is 0. The molecule has 80 valence electrons. The fraction of sp³-hybridized carbons (Fsp3) is 0.400. The van der Waals surface area contributed by atoms with Gasteiger partial charge in [-0.3, -0.25) is 4.79 Å². The third-order valence-corrected chi connectivity index (χ3v) is 2.18. The summed E-state index contributed by atoms with van der Waals surface area (Å²) < 4.78 is 6.97. The van der Waals surface area contributed by atoms with Crippen molar-refractivity contribution >= 4 is 5.78 Å². The number of hydrogen-bond acceptors (Lipinski definition) is 4. The first-order valence-corrected chi connectivity index (χ1v) is 4.91. The Balaban J connectivity index is 2.11. The van der Waals surface area contributed by atoms with Crippen LogP contribution in [0.2, 0.25) is 0 Å². The number of ether oxygens (including phenoxy) is 1. The number of allylic oxidation sites excluding steroid dienone is 1. The summed E-state index contributed by atoms with van der Waals surface area (Å²) in [6, 6.07) is 0. The molecular formula is C10H13N3O2. The third kappa shape index (κ3) is 2.07. The van der Waals surface area contributed by atoms with Gasteiger partial charge in [0.05, 0.1) is 12.9 Å². The van der Waals surface area contributed by atoms with Gasteiger partial charge in [-0.1, -0.05) is 0 Å². The minimum absolute atomic E-state index is 0.150. The number of nitrogens with zero attached hydrogens (tertiary/aromatic N) is 2. The maximum atomic E-state index is 11.8. The highest BCUT2D eigenvalue weighted by atomic mass is 16.5. The van der Waals surface area contributed by atoms with E-state index in [0.717, 1.165) is 6.42 Å². The van der Waals surface area contributed by atoms with Gasteiger partial charge in [0.1, 0.15) is 5.69 Å². The smallest absolute Gasteiger partial charge is 0.247 e. The Hall–Kier alpha value is -1.62. The molecule has 1 aromatic heterocycles. The second kappa shape index (κ2) is 4.27. The summed E-state index contributed by atoms with van der Waals surface area (Å²) in [5.74, 6) is 0.260. The number of imidazole rings is 1. The van der Waals surface area contributed by atoms with Gasteiger partial charge in [0.25, 0.3) is 0 Å². The molecule has 0 saturated heterocycles. The van der Waals surface area contributed by atoms with Crippen LogP contribution in [0.25, 0.3) is 0 Å². The van der Waals surface area contributed by atoms with Crippen molar-refractivity contribution < 1.29 is 9.53 Å². The molecule has 2 heterocycles. The monoisotopic (exact) mass is 207 g/mol. The van der Waals surface area contributed by atoms with Crippen molar-refractivity contribution in [3.05, 3.63) is 30.1 Å². The number of aromatic nitrogens is 2. The van der Waals surface area contributed by atoms with E-state index in [1.165, 1.54) is 0 Å². The molecule has 0 unspecified atom stereocenters. The lowest BCUT2D eigenvalue weighted by Gasteiger charge is -1.99. The Kier molecular flexibility index (Phi) is 2.82. The molecule has 5 heteroatoms. The molecule has 1 aromatic rings. The summed E-state index contributed by atoms with van der Waals surface area (Å²) in [6.45, 7) is 1.79. The van der Waals surface area contributed by atoms with E-state index in [1.807, 2.05) is 0 Å². The second-order valence-electron chi connectivity index (χ2n) is 3.32. The standard InChI is InChI=1S/C10H13N3O2/c11-3-4-13-6-8(12-7-13)10(14)9-2-1-5-15-9/h2,6-7H,1,3-5,11H2. The van der Waals surface area contributed by atoms with Crippen molar-refractivity contribution in [2.24, 2.45) is 5.73 Å². The number of Topliss-reactive ketones (excluding diaryl/α,β-unsaturated/α-hetero) is 1. The lowest BCUT2D eigenvalue weighted by molar-refractivity contribution is 0.0938. The molecule has 0 aromatic carbocycles. The van der Waals surface area contributed by atoms with E-state index >= 15 is 0 Å². The Morgan fingerprint density at radius 3 is 3.20 bits per heavy atom. The predicted octanol–water partition coefficient (Wildman–Crippen LogP) is 0.329. The molecule has 0 atom stereocenters. The van der Waals surface area contributed by atoms with Gasteiger partial charge in [-0.25, -0.2) is 4.98 Å². The van der Waals surface area contributed by atoms with Crippen LogP contribution < -0.4 is 5.73 Å². The molecule has 15 heavy (non-hydrogen) atoms. The summed E-state index contributed by atoms with van der Waals surface area (Å²) in [5.41, 5.74) is 5.81. The quantitative estimate of drug-likeness (QED) is 0.722. The van der Waals surface area contributed by atoms with Crippen molar-refractivity contribution in [2.45, 2.75) is 13.0 Å². The molecule has 5 nitrogen and oxygen atoms in total. The maximum absolute atomic E-state index is 11.8. The number of nitrogens with two attached hydrogens (primary N) is 1. The third-order valence-electron chi connectivity index (χ3n) is 2.18. The van der Waals surface area contributed by atoms with Crippen molar-refractivity contribution in [1.29, 1.82) is 0 Å². The van der Waals surface area contributed by atoms with Crippen LogP contribution in [0.4, 0.5) is 0 Å². The van der Waals surface area contributed by atoms with Crippen LogP contribution in [-0.4, -0.2) is 28.5 Å². The first-order chi connectivity index (χ1) is 7.31. The maximum Gasteiger partial charge on any atom is 0.247 e. The lowest BCUT2D eigenvalue weighted by atomic mass is 10.2. The minimum Gasteiger partial charge on any atom is -0.489 e. The van der Waals surface area contributed by atoms with Crippen LogP contribution >= 0.6 is 0 Å². The second-order valence-corrected chi connectivity index (χ2v) is 3.32. The number of hydrogen-bond donors (Lipinski definition) is 1. The first kappa shape index (κ1) is 9.92. The zero-order chi connectivity index (χ0) is 10.7. The molecule has 0 bridgehead atoms. The Morgan fingerprint density at radius 2 is 2.53 bits per heavy atom. The van der Waals surface area contributed by atoms with Crippen LogP contribution in [0.15, 0.2) is 24.4 Å². The van der Waals surface area contributed by atoms with Gasteiger partial charge in [0, 0.05) is 25.7 Å². The van der Waals surface area contributed by atoms with E-state index in [0.29, 0.717) is 31.1 Å². The topological polar surface area (TPSA) is 70.1 Å². The molecule has 0 aliphatic carbocycles. The van der Waals surface area contributed by atoms with E-state index in [-0.39, 0.29) is 5.78 Å². The largest absolute Gasteiger partial charge is 0.489 e. The van der Waals surface area contributed by atoms with Crippen molar-refractivity contribution in [3.63, 3.8) is 0 Å². The number of carbonyl (C=O) groups is 1. The Labute approximate surface area is 87.5 Å². The molecule has 0 spiro atoms. The van der Waals surface area contributed by atoms with Crippen LogP contribution in [0.1, 0.15) is 16.9 Å². The average molecular weight is 207 g/mol. The fourth-order valence-corrected chi connectivity index (χ4v) is 1.45. The highest BCUT2D eigenvalue weighted by Crippen LogP contribution is 2.14. The van der Waals surface area contributed by atoms with Gasteiger partial charge in [-0.15, -0.1) is 0 Å². The molecule has 0 radical (unpaired) electrons. The molecule has 2 N–H and O–H groups in total.